The topological polar surface area (TPSA) is 44.8 Å². The molecular weight excluding hydrogens is 907 g/mol. The Kier molecular flexibility index (Phi) is 19.5. The maximum Gasteiger partial charge on any atom is 0.234 e. The van der Waals surface area contributed by atoms with Crippen LogP contribution in [0.2, 0.25) is 0 Å². The van der Waals surface area contributed by atoms with Crippen LogP contribution in [0.3, 0.4) is 0 Å². The zero-order chi connectivity index (χ0) is 49.0. The van der Waals surface area contributed by atoms with Crippen molar-refractivity contribution in [3.63, 3.8) is 0 Å². The Morgan fingerprint density at radius 3 is 1.45 bits per heavy atom. The summed E-state index contributed by atoms with van der Waals surface area (Å²) in [6, 6.07) is 72.4. The van der Waals surface area contributed by atoms with E-state index >= 15 is 0 Å². The highest BCUT2D eigenvalue weighted by atomic mass is 32.2. The number of amides is 1. The lowest BCUT2D eigenvalue weighted by Crippen LogP contribution is -2.40. The standard InChI is InChI=1S/C64H73N3O2S2/c1-3-44-67(59-42-41-52-27-26-40-61(69-2)60(52)50-59)46-25-5-4-24-45-66(47-49-71-64(56-34-18-9-19-35-56,57-36-20-10-21-37-57)58-38-22-11-23-39-58)51-62(68)65-43-48-70-63(53-28-12-6-13-29-53,54-30-14-7-15-31-54)55-32-16-8-17-33-55/h6-23,26-40,59H,3-5,24-25,41-51H2,1-2H3,(H,65,68). The number of nitrogens with zero attached hydrogens (tertiary/aromatic N) is 2. The van der Waals surface area contributed by atoms with Gasteiger partial charge in [0.1, 0.15) is 5.75 Å². The van der Waals surface area contributed by atoms with Gasteiger partial charge in [0.25, 0.3) is 0 Å². The minimum absolute atomic E-state index is 0.0849. The van der Waals surface area contributed by atoms with Crippen molar-refractivity contribution in [1.29, 1.82) is 0 Å². The van der Waals surface area contributed by atoms with E-state index in [1.54, 1.807) is 7.11 Å². The molecule has 0 radical (unpaired) electrons. The average molecular weight is 980 g/mol. The minimum Gasteiger partial charge on any atom is -0.496 e. The second-order valence-corrected chi connectivity index (χ2v) is 21.4. The number of methoxy groups -OCH3 is 1. The molecule has 7 heteroatoms. The molecule has 0 aliphatic heterocycles. The highest BCUT2D eigenvalue weighted by molar-refractivity contribution is 8.00. The summed E-state index contributed by atoms with van der Waals surface area (Å²) in [5, 5.41) is 3.38. The fraction of sp³-hybridized carbons (Fsp3) is 0.328. The van der Waals surface area contributed by atoms with Gasteiger partial charge in [-0.2, -0.15) is 0 Å². The minimum atomic E-state index is -0.427. The molecule has 7 aromatic rings. The number of carbonyl (C=O) groups is 1. The first-order valence-corrected chi connectivity index (χ1v) is 28.0. The molecule has 1 aliphatic rings. The number of unbranched alkanes of at least 4 members (excludes halogenated alkanes) is 3. The van der Waals surface area contributed by atoms with E-state index in [-0.39, 0.29) is 5.91 Å². The second-order valence-electron chi connectivity index (χ2n) is 18.8. The number of benzene rings is 7. The number of carbonyl (C=O) groups excluding carboxylic acids is 1. The van der Waals surface area contributed by atoms with Gasteiger partial charge in [-0.05, 0) is 109 Å². The number of nitrogens with one attached hydrogen (secondary N) is 1. The van der Waals surface area contributed by atoms with Crippen molar-refractivity contribution >= 4 is 29.4 Å². The Morgan fingerprint density at radius 2 is 1.00 bits per heavy atom. The third kappa shape index (κ3) is 13.1. The zero-order valence-electron chi connectivity index (χ0n) is 42.0. The maximum absolute atomic E-state index is 14.2. The van der Waals surface area contributed by atoms with Crippen LogP contribution in [0.4, 0.5) is 0 Å². The van der Waals surface area contributed by atoms with E-state index in [1.165, 1.54) is 63.8 Å². The fourth-order valence-corrected chi connectivity index (χ4v) is 13.8. The number of rotatable bonds is 27. The molecule has 0 heterocycles. The van der Waals surface area contributed by atoms with Gasteiger partial charge in [0.15, 0.2) is 0 Å². The van der Waals surface area contributed by atoms with E-state index in [0.29, 0.717) is 19.1 Å². The summed E-state index contributed by atoms with van der Waals surface area (Å²) in [4.78, 5) is 19.3. The van der Waals surface area contributed by atoms with Gasteiger partial charge in [-0.3, -0.25) is 9.69 Å². The third-order valence-corrected chi connectivity index (χ3v) is 17.3. The Balaban J connectivity index is 0.942. The van der Waals surface area contributed by atoms with Gasteiger partial charge in [-0.25, -0.2) is 0 Å². The molecule has 8 rings (SSSR count). The van der Waals surface area contributed by atoms with Gasteiger partial charge in [0, 0.05) is 30.6 Å². The number of fused-ring (bicyclic) bond motifs is 1. The van der Waals surface area contributed by atoms with Gasteiger partial charge in [-0.15, -0.1) is 23.5 Å². The molecule has 5 nitrogen and oxygen atoms in total. The summed E-state index contributed by atoms with van der Waals surface area (Å²) in [7, 11) is 1.80. The van der Waals surface area contributed by atoms with Crippen LogP contribution in [0, 0.1) is 0 Å². The van der Waals surface area contributed by atoms with Crippen molar-refractivity contribution in [3.05, 3.63) is 245 Å². The van der Waals surface area contributed by atoms with Crippen molar-refractivity contribution in [1.82, 2.24) is 15.1 Å². The van der Waals surface area contributed by atoms with E-state index in [1.807, 2.05) is 23.5 Å². The third-order valence-electron chi connectivity index (χ3n) is 14.3. The average Bonchev–Trinajstić information content (AvgIpc) is 3.44. The van der Waals surface area contributed by atoms with Gasteiger partial charge in [-0.1, -0.05) is 214 Å². The summed E-state index contributed by atoms with van der Waals surface area (Å²) in [5.74, 6) is 2.74. The van der Waals surface area contributed by atoms with Crippen LogP contribution in [-0.4, -0.2) is 79.6 Å². The molecule has 71 heavy (non-hydrogen) atoms. The van der Waals surface area contributed by atoms with Gasteiger partial charge < -0.3 is 15.0 Å². The second kappa shape index (κ2) is 26.8. The van der Waals surface area contributed by atoms with E-state index in [2.05, 4.69) is 222 Å². The van der Waals surface area contributed by atoms with E-state index in [4.69, 9.17) is 4.74 Å². The number of ether oxygens (including phenoxy) is 1. The van der Waals surface area contributed by atoms with Crippen molar-refractivity contribution in [3.8, 4) is 5.75 Å². The first-order chi connectivity index (χ1) is 35.0. The Bertz CT molecular complexity index is 2410. The van der Waals surface area contributed by atoms with Gasteiger partial charge >= 0.3 is 0 Å². The predicted octanol–water partition coefficient (Wildman–Crippen LogP) is 13.7. The maximum atomic E-state index is 14.2. The smallest absolute Gasteiger partial charge is 0.234 e. The van der Waals surface area contributed by atoms with E-state index in [9.17, 15) is 4.79 Å². The number of thioether (sulfide) groups is 2. The van der Waals surface area contributed by atoms with Crippen molar-refractivity contribution < 1.29 is 9.53 Å². The largest absolute Gasteiger partial charge is 0.496 e. The summed E-state index contributed by atoms with van der Waals surface area (Å²) < 4.78 is 4.97. The van der Waals surface area contributed by atoms with Crippen molar-refractivity contribution in [2.45, 2.75) is 73.8 Å². The zero-order valence-corrected chi connectivity index (χ0v) is 43.6. The highest BCUT2D eigenvalue weighted by Gasteiger charge is 2.38. The summed E-state index contributed by atoms with van der Waals surface area (Å²) in [6.07, 6.45) is 9.14. The summed E-state index contributed by atoms with van der Waals surface area (Å²) >= 11 is 3.87. The normalized spacial score (nSPS) is 13.8. The number of hydrogen-bond donors (Lipinski definition) is 1. The lowest BCUT2D eigenvalue weighted by molar-refractivity contribution is -0.122. The molecule has 1 amide bonds. The molecular formula is C64H73N3O2S2. The molecule has 0 saturated carbocycles. The van der Waals surface area contributed by atoms with Crippen molar-refractivity contribution in [2.24, 2.45) is 0 Å². The van der Waals surface area contributed by atoms with E-state index < -0.39 is 9.49 Å². The Labute approximate surface area is 433 Å². The SMILES string of the molecule is CCCN(CCCCCCN(CCSC(c1ccccc1)(c1ccccc1)c1ccccc1)CC(=O)NCCSC(c1ccccc1)(c1ccccc1)c1ccccc1)C1CCc2cccc(OC)c2C1. The number of hydrogen-bond acceptors (Lipinski definition) is 6. The molecule has 1 unspecified atom stereocenters. The molecule has 1 N–H and O–H groups in total. The highest BCUT2D eigenvalue weighted by Crippen LogP contribution is 2.49. The predicted molar refractivity (Wildman–Crippen MR) is 302 cm³/mol. The van der Waals surface area contributed by atoms with Crippen LogP contribution in [0.5, 0.6) is 5.75 Å². The van der Waals surface area contributed by atoms with Crippen LogP contribution in [0.1, 0.15) is 90.0 Å². The van der Waals surface area contributed by atoms with Gasteiger partial charge in [0.2, 0.25) is 5.91 Å². The first-order valence-electron chi connectivity index (χ1n) is 26.0. The van der Waals surface area contributed by atoms with Crippen LogP contribution in [0.25, 0.3) is 0 Å². The molecule has 0 fully saturated rings. The molecule has 0 bridgehead atoms. The lowest BCUT2D eigenvalue weighted by atomic mass is 9.84. The molecule has 1 aliphatic carbocycles. The first kappa shape index (κ1) is 51.8. The van der Waals surface area contributed by atoms with E-state index in [0.717, 1.165) is 75.5 Å². The molecule has 368 valence electrons. The Hall–Kier alpha value is -5.57. The molecule has 0 saturated heterocycles. The van der Waals surface area contributed by atoms with Crippen LogP contribution in [-0.2, 0) is 27.1 Å². The van der Waals surface area contributed by atoms with Crippen LogP contribution >= 0.6 is 23.5 Å². The quantitative estimate of drug-likeness (QED) is 0.0409. The van der Waals surface area contributed by atoms with Crippen LogP contribution < -0.4 is 10.1 Å². The molecule has 1 atom stereocenters. The molecule has 0 aromatic heterocycles. The van der Waals surface area contributed by atoms with Crippen molar-refractivity contribution in [2.75, 3.05) is 57.9 Å². The summed E-state index contributed by atoms with van der Waals surface area (Å²) in [6.45, 7) is 7.21. The number of aryl methyl sites for hydroxylation is 1. The monoisotopic (exact) mass is 980 g/mol. The Morgan fingerprint density at radius 1 is 0.549 bits per heavy atom. The molecule has 0 spiro atoms. The molecule has 7 aromatic carbocycles. The fourth-order valence-electron chi connectivity index (χ4n) is 10.8. The lowest BCUT2D eigenvalue weighted by Gasteiger charge is -2.36. The van der Waals surface area contributed by atoms with Gasteiger partial charge in [0.05, 0.1) is 23.1 Å². The van der Waals surface area contributed by atoms with Crippen LogP contribution in [0.15, 0.2) is 200 Å². The summed E-state index contributed by atoms with van der Waals surface area (Å²) in [5.41, 5.74) is 10.3.